The van der Waals surface area contributed by atoms with Gasteiger partial charge >= 0.3 is 5.97 Å². The third kappa shape index (κ3) is 4.74. The maximum Gasteiger partial charge on any atom is 0.318 e. The van der Waals surface area contributed by atoms with E-state index in [9.17, 15) is 9.59 Å². The van der Waals surface area contributed by atoms with Gasteiger partial charge in [0.1, 0.15) is 12.5 Å². The maximum absolute atomic E-state index is 11.5. The second kappa shape index (κ2) is 9.05. The molecule has 5 heteroatoms. The Hall–Kier alpha value is -0.940. The fraction of sp³-hybridized carbons (Fsp3) is 0.846. The standard InChI is InChI=1S/C11H19NO4.C2H6/c1-4-12-7(2)5-9-10(11(14)15-3)8(13)6-16-9;1-2/h7,9-10,12H,4-6H2,1-3H3;1-2H3. The minimum atomic E-state index is -0.744. The van der Waals surface area contributed by atoms with Crippen molar-refractivity contribution < 1.29 is 19.1 Å². The molecule has 106 valence electrons. The number of carbonyl (C=O) groups is 2. The molecule has 3 unspecified atom stereocenters. The summed E-state index contributed by atoms with van der Waals surface area (Å²) in [7, 11) is 1.29. The van der Waals surface area contributed by atoms with Gasteiger partial charge in [0.15, 0.2) is 5.78 Å². The van der Waals surface area contributed by atoms with Gasteiger partial charge in [0.05, 0.1) is 13.2 Å². The molecule has 1 aliphatic heterocycles. The van der Waals surface area contributed by atoms with Crippen molar-refractivity contribution in [1.29, 1.82) is 0 Å². The smallest absolute Gasteiger partial charge is 0.318 e. The van der Waals surface area contributed by atoms with E-state index in [1.54, 1.807) is 0 Å². The minimum absolute atomic E-state index is 0.0171. The van der Waals surface area contributed by atoms with E-state index in [1.165, 1.54) is 7.11 Å². The number of Topliss-reactive ketones (excluding diaryl/α,β-unsaturated/α-hetero) is 1. The van der Waals surface area contributed by atoms with Crippen molar-refractivity contribution in [2.24, 2.45) is 5.92 Å². The lowest BCUT2D eigenvalue weighted by Gasteiger charge is -2.19. The highest BCUT2D eigenvalue weighted by atomic mass is 16.5. The molecule has 0 spiro atoms. The predicted octanol–water partition coefficient (Wildman–Crippen LogP) is 1.16. The number of ether oxygens (including phenoxy) is 2. The molecule has 1 fully saturated rings. The van der Waals surface area contributed by atoms with Gasteiger partial charge in [-0.15, -0.1) is 0 Å². The lowest BCUT2D eigenvalue weighted by atomic mass is 9.95. The summed E-state index contributed by atoms with van der Waals surface area (Å²) in [6, 6.07) is 0.216. The fourth-order valence-corrected chi connectivity index (χ4v) is 1.98. The lowest BCUT2D eigenvalue weighted by molar-refractivity contribution is -0.149. The highest BCUT2D eigenvalue weighted by molar-refractivity contribution is 6.01. The lowest BCUT2D eigenvalue weighted by Crippen LogP contribution is -2.36. The van der Waals surface area contributed by atoms with Gasteiger partial charge in [0.2, 0.25) is 0 Å². The van der Waals surface area contributed by atoms with Crippen LogP contribution >= 0.6 is 0 Å². The molecule has 1 heterocycles. The molecule has 18 heavy (non-hydrogen) atoms. The Morgan fingerprint density at radius 1 is 1.56 bits per heavy atom. The summed E-state index contributed by atoms with van der Waals surface area (Å²) >= 11 is 0. The van der Waals surface area contributed by atoms with Gasteiger partial charge in [-0.1, -0.05) is 20.8 Å². The van der Waals surface area contributed by atoms with Crippen LogP contribution in [0.5, 0.6) is 0 Å². The zero-order valence-corrected chi connectivity index (χ0v) is 12.0. The Balaban J connectivity index is 0.00000137. The quantitative estimate of drug-likeness (QED) is 0.593. The molecule has 1 rings (SSSR count). The summed E-state index contributed by atoms with van der Waals surface area (Å²) in [5, 5.41) is 3.22. The minimum Gasteiger partial charge on any atom is -0.468 e. The molecule has 5 nitrogen and oxygen atoms in total. The predicted molar refractivity (Wildman–Crippen MR) is 69.4 cm³/mol. The largest absolute Gasteiger partial charge is 0.468 e. The first-order valence-corrected chi connectivity index (χ1v) is 6.55. The molecule has 0 bridgehead atoms. The zero-order chi connectivity index (χ0) is 14.1. The van der Waals surface area contributed by atoms with E-state index in [4.69, 9.17) is 4.74 Å². The molecule has 0 saturated carbocycles. The second-order valence-electron chi connectivity index (χ2n) is 4.01. The van der Waals surface area contributed by atoms with E-state index in [0.29, 0.717) is 6.42 Å². The van der Waals surface area contributed by atoms with Crippen LogP contribution in [-0.4, -0.2) is 44.2 Å². The highest BCUT2D eigenvalue weighted by Crippen LogP contribution is 2.23. The Kier molecular flexibility index (Phi) is 8.58. The van der Waals surface area contributed by atoms with Crippen molar-refractivity contribution in [3.05, 3.63) is 0 Å². The van der Waals surface area contributed by atoms with Gasteiger partial charge in [-0.2, -0.15) is 0 Å². The summed E-state index contributed by atoms with van der Waals surface area (Å²) in [5.74, 6) is -1.41. The first-order valence-electron chi connectivity index (χ1n) is 6.55. The molecular weight excluding hydrogens is 234 g/mol. The van der Waals surface area contributed by atoms with E-state index in [-0.39, 0.29) is 24.5 Å². The van der Waals surface area contributed by atoms with E-state index in [1.807, 2.05) is 27.7 Å². The molecule has 0 aromatic carbocycles. The van der Waals surface area contributed by atoms with Crippen molar-refractivity contribution >= 4 is 11.8 Å². The van der Waals surface area contributed by atoms with Crippen molar-refractivity contribution in [2.45, 2.75) is 46.3 Å². The average Bonchev–Trinajstić information content (AvgIpc) is 2.72. The van der Waals surface area contributed by atoms with Crippen LogP contribution in [0.15, 0.2) is 0 Å². The average molecular weight is 259 g/mol. The van der Waals surface area contributed by atoms with Crippen LogP contribution in [-0.2, 0) is 19.1 Å². The first-order chi connectivity index (χ1) is 8.60. The van der Waals surface area contributed by atoms with Crippen LogP contribution in [0.1, 0.15) is 34.1 Å². The summed E-state index contributed by atoms with van der Waals surface area (Å²) < 4.78 is 9.94. The van der Waals surface area contributed by atoms with Crippen LogP contribution < -0.4 is 5.32 Å². The molecular formula is C13H25NO4. The highest BCUT2D eigenvalue weighted by Gasteiger charge is 2.42. The topological polar surface area (TPSA) is 64.6 Å². The van der Waals surface area contributed by atoms with Crippen LogP contribution in [0.2, 0.25) is 0 Å². The number of nitrogens with one attached hydrogen (secondary N) is 1. The third-order valence-electron chi connectivity index (χ3n) is 2.75. The molecule has 1 saturated heterocycles. The SMILES string of the molecule is CC.CCNC(C)CC1OCC(=O)C1C(=O)OC. The van der Waals surface area contributed by atoms with Gasteiger partial charge in [0.25, 0.3) is 0 Å². The number of hydrogen-bond acceptors (Lipinski definition) is 5. The summed E-state index contributed by atoms with van der Waals surface area (Å²) in [5.41, 5.74) is 0. The summed E-state index contributed by atoms with van der Waals surface area (Å²) in [6.07, 6.45) is 0.285. The number of esters is 1. The molecule has 0 aliphatic carbocycles. The van der Waals surface area contributed by atoms with Gasteiger partial charge in [-0.3, -0.25) is 9.59 Å². The molecule has 0 radical (unpaired) electrons. The second-order valence-corrected chi connectivity index (χ2v) is 4.01. The van der Waals surface area contributed by atoms with Gasteiger partial charge < -0.3 is 14.8 Å². The van der Waals surface area contributed by atoms with Crippen molar-refractivity contribution in [3.63, 3.8) is 0 Å². The number of hydrogen-bond donors (Lipinski definition) is 1. The van der Waals surface area contributed by atoms with Crippen LogP contribution in [0.4, 0.5) is 0 Å². The van der Waals surface area contributed by atoms with Crippen LogP contribution in [0, 0.1) is 5.92 Å². The molecule has 0 amide bonds. The Morgan fingerprint density at radius 3 is 2.67 bits per heavy atom. The number of rotatable bonds is 5. The zero-order valence-electron chi connectivity index (χ0n) is 12.0. The van der Waals surface area contributed by atoms with E-state index < -0.39 is 11.9 Å². The normalized spacial score (nSPS) is 24.2. The van der Waals surface area contributed by atoms with E-state index >= 15 is 0 Å². The molecule has 0 aromatic heterocycles. The number of ketones is 1. The van der Waals surface area contributed by atoms with Crippen molar-refractivity contribution in [1.82, 2.24) is 5.32 Å². The Bertz CT molecular complexity index is 268. The first kappa shape index (κ1) is 17.1. The maximum atomic E-state index is 11.5. The molecule has 0 aromatic rings. The summed E-state index contributed by atoms with van der Waals surface area (Å²) in [6.45, 7) is 8.88. The number of methoxy groups -OCH3 is 1. The van der Waals surface area contributed by atoms with Crippen LogP contribution in [0.3, 0.4) is 0 Å². The Morgan fingerprint density at radius 2 is 2.17 bits per heavy atom. The van der Waals surface area contributed by atoms with Crippen molar-refractivity contribution in [2.75, 3.05) is 20.3 Å². The Labute approximate surface area is 109 Å². The van der Waals surface area contributed by atoms with Gasteiger partial charge in [-0.05, 0) is 19.9 Å². The van der Waals surface area contributed by atoms with Gasteiger partial charge in [0, 0.05) is 6.04 Å². The third-order valence-corrected chi connectivity index (χ3v) is 2.75. The molecule has 1 aliphatic rings. The summed E-state index contributed by atoms with van der Waals surface area (Å²) in [4.78, 5) is 22.9. The number of carbonyl (C=O) groups excluding carboxylic acids is 2. The molecule has 3 atom stereocenters. The van der Waals surface area contributed by atoms with E-state index in [2.05, 4.69) is 10.1 Å². The molecule has 1 N–H and O–H groups in total. The van der Waals surface area contributed by atoms with Gasteiger partial charge in [-0.25, -0.2) is 0 Å². The van der Waals surface area contributed by atoms with E-state index in [0.717, 1.165) is 6.54 Å². The fourth-order valence-electron chi connectivity index (χ4n) is 1.98. The van der Waals surface area contributed by atoms with Crippen molar-refractivity contribution in [3.8, 4) is 0 Å². The van der Waals surface area contributed by atoms with Crippen LogP contribution in [0.25, 0.3) is 0 Å². The monoisotopic (exact) mass is 259 g/mol.